The number of hydrogen-bond donors (Lipinski definition) is 2. The minimum Gasteiger partial charge on any atom is -0.459 e. The summed E-state index contributed by atoms with van der Waals surface area (Å²) in [4.78, 5) is 26.8. The molecule has 1 fully saturated rings. The van der Waals surface area contributed by atoms with Gasteiger partial charge in [-0.1, -0.05) is 18.2 Å². The van der Waals surface area contributed by atoms with Crippen LogP contribution < -0.4 is 11.1 Å². The summed E-state index contributed by atoms with van der Waals surface area (Å²) < 4.78 is 6.76. The highest BCUT2D eigenvalue weighted by Crippen LogP contribution is 2.22. The number of rotatable bonds is 7. The van der Waals surface area contributed by atoms with E-state index in [1.165, 1.54) is 6.26 Å². The Labute approximate surface area is 191 Å². The van der Waals surface area contributed by atoms with Crippen LogP contribution in [0.5, 0.6) is 0 Å². The van der Waals surface area contributed by atoms with Crippen LogP contribution in [0.4, 0.5) is 5.82 Å². The number of aryl methyl sites for hydroxylation is 1. The summed E-state index contributed by atoms with van der Waals surface area (Å²) in [5.41, 5.74) is 7.90. The third kappa shape index (κ3) is 4.90. The lowest BCUT2D eigenvalue weighted by molar-refractivity contribution is -0.126. The molecule has 1 aliphatic rings. The quantitative estimate of drug-likeness (QED) is 0.536. The van der Waals surface area contributed by atoms with Crippen molar-refractivity contribution in [1.29, 1.82) is 5.26 Å². The van der Waals surface area contributed by atoms with Gasteiger partial charge in [0.1, 0.15) is 17.5 Å². The molecule has 3 heterocycles. The standard InChI is InChI=1S/C24H26N6O3/c25-15-19-20(28-30(22(19)26)18-8-2-1-3-9-18)10-4-12-27-23(31)17-7-5-13-29(16-17)24(32)21-11-6-14-33-21/h1-3,6,8-9,11,14,17H,4-5,7,10,12-13,16,26H2,(H,27,31). The predicted molar refractivity (Wildman–Crippen MR) is 121 cm³/mol. The molecule has 1 saturated heterocycles. The fourth-order valence-corrected chi connectivity index (χ4v) is 4.08. The average molecular weight is 447 g/mol. The van der Waals surface area contributed by atoms with E-state index in [1.54, 1.807) is 21.7 Å². The van der Waals surface area contributed by atoms with Crippen molar-refractivity contribution in [3.05, 3.63) is 65.7 Å². The van der Waals surface area contributed by atoms with Crippen molar-refractivity contribution >= 4 is 17.6 Å². The molecule has 33 heavy (non-hydrogen) atoms. The molecule has 3 N–H and O–H groups in total. The number of carbonyl (C=O) groups excluding carboxylic acids is 2. The molecule has 0 spiro atoms. The monoisotopic (exact) mass is 446 g/mol. The Morgan fingerprint density at radius 2 is 2.06 bits per heavy atom. The number of anilines is 1. The number of aromatic nitrogens is 2. The van der Waals surface area contributed by atoms with Crippen LogP contribution in [0.1, 0.15) is 41.1 Å². The highest BCUT2D eigenvalue weighted by atomic mass is 16.3. The van der Waals surface area contributed by atoms with E-state index in [2.05, 4.69) is 16.5 Å². The lowest BCUT2D eigenvalue weighted by Gasteiger charge is -2.31. The van der Waals surface area contributed by atoms with Gasteiger partial charge in [0, 0.05) is 19.6 Å². The Morgan fingerprint density at radius 3 is 2.79 bits per heavy atom. The Morgan fingerprint density at radius 1 is 1.24 bits per heavy atom. The molecule has 0 saturated carbocycles. The van der Waals surface area contributed by atoms with Gasteiger partial charge in [-0.25, -0.2) is 4.68 Å². The summed E-state index contributed by atoms with van der Waals surface area (Å²) in [5, 5.41) is 17.0. The molecule has 1 aliphatic heterocycles. The Bertz CT molecular complexity index is 1150. The molecule has 0 bridgehead atoms. The largest absolute Gasteiger partial charge is 0.459 e. The van der Waals surface area contributed by atoms with Gasteiger partial charge in [-0.2, -0.15) is 10.4 Å². The lowest BCUT2D eigenvalue weighted by atomic mass is 9.97. The second-order valence-electron chi connectivity index (χ2n) is 8.03. The number of nitrogens with zero attached hydrogens (tertiary/aromatic N) is 4. The summed E-state index contributed by atoms with van der Waals surface area (Å²) in [6, 6.07) is 14.9. The van der Waals surface area contributed by atoms with Crippen LogP contribution >= 0.6 is 0 Å². The number of likely N-dealkylation sites (tertiary alicyclic amines) is 1. The van der Waals surface area contributed by atoms with Crippen LogP contribution in [-0.4, -0.2) is 46.1 Å². The molecule has 1 unspecified atom stereocenters. The molecule has 9 heteroatoms. The first-order valence-electron chi connectivity index (χ1n) is 11.0. The fourth-order valence-electron chi connectivity index (χ4n) is 4.08. The molecular formula is C24H26N6O3. The van der Waals surface area contributed by atoms with Gasteiger partial charge in [0.2, 0.25) is 5.91 Å². The van der Waals surface area contributed by atoms with Gasteiger partial charge in [0.05, 0.1) is 23.6 Å². The third-order valence-electron chi connectivity index (χ3n) is 5.81. The number of nitrogen functional groups attached to an aromatic ring is 1. The molecule has 4 rings (SSSR count). The van der Waals surface area contributed by atoms with Crippen molar-refractivity contribution < 1.29 is 14.0 Å². The van der Waals surface area contributed by atoms with Crippen LogP contribution in [0.15, 0.2) is 53.1 Å². The number of amides is 2. The van der Waals surface area contributed by atoms with Gasteiger partial charge in [-0.05, 0) is 49.9 Å². The van der Waals surface area contributed by atoms with Crippen LogP contribution in [0, 0.1) is 17.2 Å². The number of nitrogens with one attached hydrogen (secondary N) is 1. The zero-order valence-electron chi connectivity index (χ0n) is 18.2. The van der Waals surface area contributed by atoms with E-state index < -0.39 is 0 Å². The summed E-state index contributed by atoms with van der Waals surface area (Å²) in [7, 11) is 0. The second-order valence-corrected chi connectivity index (χ2v) is 8.03. The van der Waals surface area contributed by atoms with Crippen molar-refractivity contribution in [3.8, 4) is 11.8 Å². The summed E-state index contributed by atoms with van der Waals surface area (Å²) in [6.45, 7) is 1.44. The molecule has 0 aliphatic carbocycles. The molecule has 2 amide bonds. The van der Waals surface area contributed by atoms with Crippen molar-refractivity contribution in [2.75, 3.05) is 25.4 Å². The van der Waals surface area contributed by atoms with E-state index in [0.717, 1.165) is 18.5 Å². The third-order valence-corrected chi connectivity index (χ3v) is 5.81. The molecule has 3 aromatic rings. The van der Waals surface area contributed by atoms with Gasteiger partial charge >= 0.3 is 0 Å². The number of furan rings is 1. The Hall–Kier alpha value is -4.06. The SMILES string of the molecule is N#Cc1c(CCCNC(=O)C2CCCN(C(=O)c3ccco3)C2)nn(-c2ccccc2)c1N. The number of piperidine rings is 1. The van der Waals surface area contributed by atoms with E-state index in [4.69, 9.17) is 10.2 Å². The zero-order chi connectivity index (χ0) is 23.2. The first-order valence-corrected chi connectivity index (χ1v) is 11.0. The van der Waals surface area contributed by atoms with E-state index in [-0.39, 0.29) is 17.7 Å². The van der Waals surface area contributed by atoms with Crippen LogP contribution in [0.25, 0.3) is 5.69 Å². The minimum atomic E-state index is -0.250. The van der Waals surface area contributed by atoms with Crippen molar-refractivity contribution in [2.45, 2.75) is 25.7 Å². The highest BCUT2D eigenvalue weighted by molar-refractivity contribution is 5.92. The molecule has 1 aromatic carbocycles. The molecule has 1 atom stereocenters. The smallest absolute Gasteiger partial charge is 0.289 e. The van der Waals surface area contributed by atoms with E-state index >= 15 is 0 Å². The van der Waals surface area contributed by atoms with Crippen LogP contribution in [0.2, 0.25) is 0 Å². The van der Waals surface area contributed by atoms with Gasteiger partial charge in [0.15, 0.2) is 5.76 Å². The van der Waals surface area contributed by atoms with Crippen LogP contribution in [0.3, 0.4) is 0 Å². The van der Waals surface area contributed by atoms with Crippen LogP contribution in [-0.2, 0) is 11.2 Å². The maximum absolute atomic E-state index is 12.7. The van der Waals surface area contributed by atoms with Crippen molar-refractivity contribution in [3.63, 3.8) is 0 Å². The van der Waals surface area contributed by atoms with Crippen molar-refractivity contribution in [2.24, 2.45) is 5.92 Å². The number of carbonyl (C=O) groups is 2. The van der Waals surface area contributed by atoms with Gasteiger partial charge in [-0.3, -0.25) is 9.59 Å². The van der Waals surface area contributed by atoms with Gasteiger partial charge in [-0.15, -0.1) is 0 Å². The maximum Gasteiger partial charge on any atom is 0.289 e. The Kier molecular flexibility index (Phi) is 6.74. The number of benzene rings is 1. The van der Waals surface area contributed by atoms with Crippen molar-refractivity contribution in [1.82, 2.24) is 20.0 Å². The number of nitriles is 1. The topological polar surface area (TPSA) is 130 Å². The fraction of sp³-hybridized carbons (Fsp3) is 0.333. The predicted octanol–water partition coefficient (Wildman–Crippen LogP) is 2.52. The van der Waals surface area contributed by atoms with Gasteiger partial charge < -0.3 is 20.4 Å². The zero-order valence-corrected chi connectivity index (χ0v) is 18.2. The number of nitrogens with two attached hydrogens (primary N) is 1. The number of para-hydroxylation sites is 1. The van der Waals surface area contributed by atoms with E-state index in [9.17, 15) is 14.9 Å². The molecule has 170 valence electrons. The normalized spacial score (nSPS) is 15.7. The summed E-state index contributed by atoms with van der Waals surface area (Å²) in [5.74, 6) is 0.0972. The number of hydrogen-bond acceptors (Lipinski definition) is 6. The molecular weight excluding hydrogens is 420 g/mol. The first kappa shape index (κ1) is 22.1. The molecule has 9 nitrogen and oxygen atoms in total. The summed E-state index contributed by atoms with van der Waals surface area (Å²) >= 11 is 0. The first-order chi connectivity index (χ1) is 16.1. The second kappa shape index (κ2) is 10.0. The summed E-state index contributed by atoms with van der Waals surface area (Å²) in [6.07, 6.45) is 4.11. The van der Waals surface area contributed by atoms with E-state index in [0.29, 0.717) is 55.3 Å². The van der Waals surface area contributed by atoms with Gasteiger partial charge in [0.25, 0.3) is 5.91 Å². The molecule has 0 radical (unpaired) electrons. The Balaban J connectivity index is 1.30. The maximum atomic E-state index is 12.7. The van der Waals surface area contributed by atoms with E-state index in [1.807, 2.05) is 30.3 Å². The molecule has 2 aromatic heterocycles. The minimum absolute atomic E-state index is 0.0678. The average Bonchev–Trinajstić information content (AvgIpc) is 3.50. The lowest BCUT2D eigenvalue weighted by Crippen LogP contribution is -2.45. The highest BCUT2D eigenvalue weighted by Gasteiger charge is 2.29.